The van der Waals surface area contributed by atoms with Gasteiger partial charge in [0.2, 0.25) is 5.91 Å². The number of allylic oxidation sites excluding steroid dienone is 2. The second-order valence-corrected chi connectivity index (χ2v) is 4.31. The minimum Gasteiger partial charge on any atom is -0.375 e. The Kier molecular flexibility index (Phi) is 4.37. The lowest BCUT2D eigenvalue weighted by Gasteiger charge is -2.32. The smallest absolute Gasteiger partial charge is 0.375 e. The normalized spacial score (nSPS) is 18.9. The molecular weight excluding hydrogens is 249 g/mol. The number of hydrogen-bond donors (Lipinski definition) is 1. The van der Waals surface area contributed by atoms with Gasteiger partial charge in [0.05, 0.1) is 0 Å². The van der Waals surface area contributed by atoms with E-state index in [1.807, 2.05) is 0 Å². The Morgan fingerprint density at radius 3 is 2.17 bits per heavy atom. The summed E-state index contributed by atoms with van der Waals surface area (Å²) in [5.41, 5.74) is 5.42. The Hall–Kier alpha value is -1.53. The molecule has 2 N–H and O–H groups in total. The number of amides is 1. The van der Waals surface area contributed by atoms with E-state index >= 15 is 0 Å². The van der Waals surface area contributed by atoms with Crippen molar-refractivity contribution in [1.82, 2.24) is 4.90 Å². The van der Waals surface area contributed by atoms with Gasteiger partial charge in [-0.15, -0.1) is 0 Å². The van der Waals surface area contributed by atoms with Crippen LogP contribution in [0.3, 0.4) is 0 Å². The van der Waals surface area contributed by atoms with Crippen LogP contribution in [0.4, 0.5) is 13.2 Å². The van der Waals surface area contributed by atoms with Gasteiger partial charge in [0.15, 0.2) is 0 Å². The molecule has 102 valence electrons. The van der Waals surface area contributed by atoms with Crippen LogP contribution in [0, 0.1) is 5.92 Å². The van der Waals surface area contributed by atoms with Crippen molar-refractivity contribution in [2.24, 2.45) is 11.7 Å². The number of carbonyl (C=O) groups excluding carboxylic acids is 2. The van der Waals surface area contributed by atoms with Crippen LogP contribution < -0.4 is 5.73 Å². The van der Waals surface area contributed by atoms with Crippen LogP contribution in [0.15, 0.2) is 11.8 Å². The van der Waals surface area contributed by atoms with Crippen LogP contribution in [0.2, 0.25) is 0 Å². The van der Waals surface area contributed by atoms with Crippen LogP contribution in [-0.2, 0) is 9.59 Å². The number of ketones is 1. The van der Waals surface area contributed by atoms with Gasteiger partial charge in [0.1, 0.15) is 0 Å². The zero-order valence-corrected chi connectivity index (χ0v) is 9.96. The first-order chi connectivity index (χ1) is 8.21. The Balaban J connectivity index is 2.60. The summed E-state index contributed by atoms with van der Waals surface area (Å²) in [4.78, 5) is 23.4. The first-order valence-electron chi connectivity index (χ1n) is 5.55. The third kappa shape index (κ3) is 3.75. The molecule has 1 amide bonds. The van der Waals surface area contributed by atoms with E-state index in [-0.39, 0.29) is 17.5 Å². The number of nitrogens with two attached hydrogens (primary N) is 1. The number of rotatable bonds is 3. The zero-order chi connectivity index (χ0) is 13.9. The molecule has 0 aromatic rings. The predicted molar refractivity (Wildman–Crippen MR) is 58.3 cm³/mol. The molecule has 18 heavy (non-hydrogen) atoms. The minimum atomic E-state index is -4.84. The van der Waals surface area contributed by atoms with Gasteiger partial charge < -0.3 is 10.6 Å². The summed E-state index contributed by atoms with van der Waals surface area (Å²) in [6.45, 7) is 2.32. The third-order valence-electron chi connectivity index (χ3n) is 3.02. The van der Waals surface area contributed by atoms with Crippen LogP contribution in [-0.4, -0.2) is 35.9 Å². The van der Waals surface area contributed by atoms with Crippen molar-refractivity contribution >= 4 is 11.7 Å². The van der Waals surface area contributed by atoms with E-state index in [1.165, 1.54) is 6.92 Å². The first-order valence-corrected chi connectivity index (χ1v) is 5.55. The third-order valence-corrected chi connectivity index (χ3v) is 3.02. The number of nitrogens with zero attached hydrogens (tertiary/aromatic N) is 1. The molecule has 0 unspecified atom stereocenters. The van der Waals surface area contributed by atoms with Crippen LogP contribution in [0.5, 0.6) is 0 Å². The van der Waals surface area contributed by atoms with E-state index in [9.17, 15) is 22.8 Å². The first kappa shape index (κ1) is 14.5. The van der Waals surface area contributed by atoms with Crippen LogP contribution in [0.25, 0.3) is 0 Å². The van der Waals surface area contributed by atoms with Crippen molar-refractivity contribution in [3.05, 3.63) is 11.8 Å². The molecule has 0 bridgehead atoms. The van der Waals surface area contributed by atoms with Gasteiger partial charge >= 0.3 is 6.18 Å². The van der Waals surface area contributed by atoms with Crippen LogP contribution >= 0.6 is 0 Å². The molecule has 0 aromatic heterocycles. The van der Waals surface area contributed by atoms with Crippen molar-refractivity contribution in [3.63, 3.8) is 0 Å². The fourth-order valence-electron chi connectivity index (χ4n) is 1.88. The molecule has 0 aromatic carbocycles. The molecule has 7 heteroatoms. The summed E-state index contributed by atoms with van der Waals surface area (Å²) >= 11 is 0. The highest BCUT2D eigenvalue weighted by Crippen LogP contribution is 2.22. The number of primary amides is 1. The van der Waals surface area contributed by atoms with Crippen molar-refractivity contribution in [3.8, 4) is 0 Å². The number of likely N-dealkylation sites (tertiary alicyclic amines) is 1. The zero-order valence-electron chi connectivity index (χ0n) is 9.96. The molecular formula is C11H15F3N2O2. The Labute approximate surface area is 103 Å². The lowest BCUT2D eigenvalue weighted by atomic mass is 9.96. The summed E-state index contributed by atoms with van der Waals surface area (Å²) in [5.74, 6) is -2.48. The molecule has 0 spiro atoms. The van der Waals surface area contributed by atoms with Crippen molar-refractivity contribution in [2.45, 2.75) is 25.9 Å². The van der Waals surface area contributed by atoms with Gasteiger partial charge in [-0.25, -0.2) is 0 Å². The van der Waals surface area contributed by atoms with Crippen molar-refractivity contribution < 1.29 is 22.8 Å². The summed E-state index contributed by atoms with van der Waals surface area (Å²) in [6, 6.07) is 0. The maximum atomic E-state index is 12.1. The quantitative estimate of drug-likeness (QED) is 0.779. The fraction of sp³-hybridized carbons (Fsp3) is 0.636. The molecule has 1 aliphatic rings. The van der Waals surface area contributed by atoms with Crippen molar-refractivity contribution in [2.75, 3.05) is 13.1 Å². The number of alkyl halides is 3. The molecule has 0 saturated carbocycles. The van der Waals surface area contributed by atoms with Crippen molar-refractivity contribution in [1.29, 1.82) is 0 Å². The van der Waals surface area contributed by atoms with Gasteiger partial charge in [-0.3, -0.25) is 9.59 Å². The van der Waals surface area contributed by atoms with E-state index < -0.39 is 12.0 Å². The SMILES string of the molecule is CC(=CC(=O)C(F)(F)F)N1CCC(C(N)=O)CC1. The highest BCUT2D eigenvalue weighted by Gasteiger charge is 2.37. The molecule has 0 atom stereocenters. The van der Waals surface area contributed by atoms with Gasteiger partial charge in [-0.05, 0) is 19.8 Å². The molecule has 1 aliphatic heterocycles. The van der Waals surface area contributed by atoms with Gasteiger partial charge in [0.25, 0.3) is 5.78 Å². The predicted octanol–water partition coefficient (Wildman–Crippen LogP) is 1.22. The van der Waals surface area contributed by atoms with E-state index in [2.05, 4.69) is 0 Å². The van der Waals surface area contributed by atoms with Gasteiger partial charge in [-0.2, -0.15) is 13.2 Å². The molecule has 1 saturated heterocycles. The number of carbonyl (C=O) groups is 2. The summed E-state index contributed by atoms with van der Waals surface area (Å²) in [5, 5.41) is 0. The Bertz CT molecular complexity index is 369. The average Bonchev–Trinajstić information content (AvgIpc) is 2.27. The van der Waals surface area contributed by atoms with E-state index in [1.54, 1.807) is 4.90 Å². The molecule has 1 rings (SSSR count). The number of piperidine rings is 1. The maximum absolute atomic E-state index is 12.1. The molecule has 1 fully saturated rings. The highest BCUT2D eigenvalue weighted by molar-refractivity contribution is 5.94. The number of hydrogen-bond acceptors (Lipinski definition) is 3. The van der Waals surface area contributed by atoms with E-state index in [4.69, 9.17) is 5.73 Å². The monoisotopic (exact) mass is 264 g/mol. The minimum absolute atomic E-state index is 0.229. The Morgan fingerprint density at radius 2 is 1.78 bits per heavy atom. The van der Waals surface area contributed by atoms with E-state index in [0.29, 0.717) is 32.0 Å². The average molecular weight is 264 g/mol. The standard InChI is InChI=1S/C11H15F3N2O2/c1-7(6-9(17)11(12,13)14)16-4-2-8(3-5-16)10(15)18/h6,8H,2-5H2,1H3,(H2,15,18). The molecule has 4 nitrogen and oxygen atoms in total. The Morgan fingerprint density at radius 1 is 1.28 bits per heavy atom. The number of halogens is 3. The lowest BCUT2D eigenvalue weighted by Crippen LogP contribution is -2.38. The lowest BCUT2D eigenvalue weighted by molar-refractivity contribution is -0.165. The second kappa shape index (κ2) is 5.41. The van der Waals surface area contributed by atoms with Gasteiger partial charge in [0, 0.05) is 30.8 Å². The molecule has 0 radical (unpaired) electrons. The van der Waals surface area contributed by atoms with Gasteiger partial charge in [-0.1, -0.05) is 0 Å². The largest absolute Gasteiger partial charge is 0.454 e. The van der Waals surface area contributed by atoms with E-state index in [0.717, 1.165) is 0 Å². The fourth-order valence-corrected chi connectivity index (χ4v) is 1.88. The molecule has 0 aliphatic carbocycles. The summed E-state index contributed by atoms with van der Waals surface area (Å²) in [7, 11) is 0. The summed E-state index contributed by atoms with van der Waals surface area (Å²) in [6.07, 6.45) is -3.25. The summed E-state index contributed by atoms with van der Waals surface area (Å²) < 4.78 is 36.2. The maximum Gasteiger partial charge on any atom is 0.454 e. The van der Waals surface area contributed by atoms with Crippen LogP contribution in [0.1, 0.15) is 19.8 Å². The second-order valence-electron chi connectivity index (χ2n) is 4.31. The molecule has 1 heterocycles. The topological polar surface area (TPSA) is 63.4 Å². The highest BCUT2D eigenvalue weighted by atomic mass is 19.4.